The quantitative estimate of drug-likeness (QED) is 0.779. The van der Waals surface area contributed by atoms with Crippen LogP contribution in [0.2, 0.25) is 0 Å². The minimum absolute atomic E-state index is 0.296. The fourth-order valence-corrected chi connectivity index (χ4v) is 1.74. The second-order valence-electron chi connectivity index (χ2n) is 2.99. The summed E-state index contributed by atoms with van der Waals surface area (Å²) >= 11 is 0. The Morgan fingerprint density at radius 1 is 1.31 bits per heavy atom. The Balaban J connectivity index is 2.58. The molecule has 2 N–H and O–H groups in total. The fourth-order valence-electron chi connectivity index (χ4n) is 1.02. The van der Waals surface area contributed by atoms with Crippen molar-refractivity contribution in [3.05, 3.63) is 43.0 Å². The van der Waals surface area contributed by atoms with E-state index in [0.717, 1.165) is 0 Å². The Bertz CT molecular complexity index is 468. The van der Waals surface area contributed by atoms with Crippen LogP contribution in [0.15, 0.2) is 43.0 Å². The number of urea groups is 1. The summed E-state index contributed by atoms with van der Waals surface area (Å²) in [7, 11) is -3.63. The first kappa shape index (κ1) is 12.3. The van der Waals surface area contributed by atoms with Gasteiger partial charge in [-0.2, -0.15) is 0 Å². The van der Waals surface area contributed by atoms with Gasteiger partial charge in [-0.1, -0.05) is 24.3 Å². The van der Waals surface area contributed by atoms with Crippen LogP contribution in [0, 0.1) is 0 Å². The zero-order valence-corrected chi connectivity index (χ0v) is 9.33. The number of rotatable bonds is 4. The van der Waals surface area contributed by atoms with E-state index in [1.807, 2.05) is 4.72 Å². The Kier molecular flexibility index (Phi) is 4.07. The van der Waals surface area contributed by atoms with Crippen molar-refractivity contribution in [1.82, 2.24) is 4.72 Å². The molecule has 0 aliphatic heterocycles. The molecule has 0 unspecified atom stereocenters. The molecule has 1 aromatic carbocycles. The van der Waals surface area contributed by atoms with Crippen molar-refractivity contribution in [2.45, 2.75) is 0 Å². The normalized spacial score (nSPS) is 10.5. The highest BCUT2D eigenvalue weighted by Crippen LogP contribution is 2.04. The Labute approximate surface area is 94.2 Å². The summed E-state index contributed by atoms with van der Waals surface area (Å²) in [4.78, 5) is 11.3. The first-order valence-electron chi connectivity index (χ1n) is 4.51. The van der Waals surface area contributed by atoms with Gasteiger partial charge in [0.1, 0.15) is 0 Å². The first-order chi connectivity index (χ1) is 7.53. The van der Waals surface area contributed by atoms with Crippen LogP contribution in [0.3, 0.4) is 0 Å². The smallest absolute Gasteiger partial charge is 0.307 e. The first-order valence-corrected chi connectivity index (χ1v) is 6.16. The predicted octanol–water partition coefficient (Wildman–Crippen LogP) is 1.32. The van der Waals surface area contributed by atoms with E-state index in [1.54, 1.807) is 30.3 Å². The summed E-state index contributed by atoms with van der Waals surface area (Å²) in [6, 6.07) is 7.77. The number of para-hydroxylation sites is 1. The van der Waals surface area contributed by atoms with E-state index in [-0.39, 0.29) is 5.75 Å². The zero-order valence-electron chi connectivity index (χ0n) is 8.51. The second-order valence-corrected chi connectivity index (χ2v) is 4.76. The summed E-state index contributed by atoms with van der Waals surface area (Å²) in [5.41, 5.74) is 0.522. The van der Waals surface area contributed by atoms with Crippen LogP contribution in [-0.2, 0) is 10.0 Å². The van der Waals surface area contributed by atoms with Crippen LogP contribution < -0.4 is 10.0 Å². The fraction of sp³-hybridized carbons (Fsp3) is 0.100. The van der Waals surface area contributed by atoms with E-state index in [2.05, 4.69) is 11.9 Å². The number of carbonyl (C=O) groups is 1. The van der Waals surface area contributed by atoms with Gasteiger partial charge in [-0.15, -0.1) is 6.58 Å². The molecule has 2 amide bonds. The average Bonchev–Trinajstić information content (AvgIpc) is 2.17. The van der Waals surface area contributed by atoms with Gasteiger partial charge in [-0.25, -0.2) is 17.9 Å². The van der Waals surface area contributed by atoms with Crippen molar-refractivity contribution in [2.24, 2.45) is 0 Å². The molecule has 16 heavy (non-hydrogen) atoms. The van der Waals surface area contributed by atoms with Gasteiger partial charge < -0.3 is 5.32 Å². The second kappa shape index (κ2) is 5.32. The van der Waals surface area contributed by atoms with E-state index in [1.165, 1.54) is 6.08 Å². The molecule has 86 valence electrons. The Morgan fingerprint density at radius 2 is 1.94 bits per heavy atom. The molecule has 0 bridgehead atoms. The Morgan fingerprint density at radius 3 is 2.50 bits per heavy atom. The predicted molar refractivity (Wildman–Crippen MR) is 62.6 cm³/mol. The molecule has 0 aliphatic carbocycles. The SMILES string of the molecule is C=CCS(=O)(=O)NC(=O)Nc1ccccc1. The van der Waals surface area contributed by atoms with Crippen LogP contribution in [-0.4, -0.2) is 20.2 Å². The third-order valence-electron chi connectivity index (χ3n) is 1.62. The van der Waals surface area contributed by atoms with Crippen LogP contribution in [0.1, 0.15) is 0 Å². The summed E-state index contributed by atoms with van der Waals surface area (Å²) in [5, 5.41) is 2.39. The van der Waals surface area contributed by atoms with Gasteiger partial charge in [-0.05, 0) is 12.1 Å². The molecule has 5 nitrogen and oxygen atoms in total. The summed E-state index contributed by atoms with van der Waals surface area (Å²) in [5.74, 6) is -0.296. The van der Waals surface area contributed by atoms with Crippen molar-refractivity contribution in [3.8, 4) is 0 Å². The van der Waals surface area contributed by atoms with E-state index in [9.17, 15) is 13.2 Å². The largest absolute Gasteiger partial charge is 0.332 e. The molecule has 0 saturated carbocycles. The van der Waals surface area contributed by atoms with Gasteiger partial charge in [-0.3, -0.25) is 0 Å². The lowest BCUT2D eigenvalue weighted by atomic mass is 10.3. The molecule has 0 radical (unpaired) electrons. The van der Waals surface area contributed by atoms with E-state index >= 15 is 0 Å². The van der Waals surface area contributed by atoms with Crippen LogP contribution in [0.25, 0.3) is 0 Å². The maximum absolute atomic E-state index is 11.3. The highest BCUT2D eigenvalue weighted by Gasteiger charge is 2.11. The molecule has 0 aliphatic rings. The lowest BCUT2D eigenvalue weighted by Gasteiger charge is -2.06. The van der Waals surface area contributed by atoms with Crippen LogP contribution in [0.5, 0.6) is 0 Å². The molecule has 1 aromatic rings. The molecule has 0 atom stereocenters. The van der Waals surface area contributed by atoms with Crippen LogP contribution >= 0.6 is 0 Å². The summed E-state index contributed by atoms with van der Waals surface area (Å²) < 4.78 is 24.2. The average molecular weight is 240 g/mol. The highest BCUT2D eigenvalue weighted by atomic mass is 32.2. The van der Waals surface area contributed by atoms with Crippen molar-refractivity contribution in [1.29, 1.82) is 0 Å². The molecule has 1 rings (SSSR count). The van der Waals surface area contributed by atoms with Crippen molar-refractivity contribution in [2.75, 3.05) is 11.1 Å². The molecular weight excluding hydrogens is 228 g/mol. The number of carbonyl (C=O) groups excluding carboxylic acids is 1. The van der Waals surface area contributed by atoms with Crippen molar-refractivity contribution in [3.63, 3.8) is 0 Å². The van der Waals surface area contributed by atoms with E-state index in [4.69, 9.17) is 0 Å². The summed E-state index contributed by atoms with van der Waals surface area (Å²) in [6.45, 7) is 3.29. The lowest BCUT2D eigenvalue weighted by Crippen LogP contribution is -2.35. The highest BCUT2D eigenvalue weighted by molar-refractivity contribution is 7.90. The number of nitrogens with one attached hydrogen (secondary N) is 2. The molecule has 0 fully saturated rings. The number of benzene rings is 1. The lowest BCUT2D eigenvalue weighted by molar-refractivity contribution is 0.256. The molecule has 0 heterocycles. The minimum atomic E-state index is -3.63. The van der Waals surface area contributed by atoms with Gasteiger partial charge in [0.05, 0.1) is 5.75 Å². The standard InChI is InChI=1S/C10H12N2O3S/c1-2-8-16(14,15)12-10(13)11-9-6-4-3-5-7-9/h2-7H,1,8H2,(H2,11,12,13). The van der Waals surface area contributed by atoms with Gasteiger partial charge >= 0.3 is 6.03 Å². The number of hydrogen-bond donors (Lipinski definition) is 2. The molecular formula is C10H12N2O3S. The molecule has 0 aromatic heterocycles. The van der Waals surface area contributed by atoms with Gasteiger partial charge in [0.15, 0.2) is 0 Å². The third-order valence-corrected chi connectivity index (χ3v) is 2.79. The van der Waals surface area contributed by atoms with Gasteiger partial charge in [0.25, 0.3) is 0 Å². The van der Waals surface area contributed by atoms with Gasteiger partial charge in [0.2, 0.25) is 10.0 Å². The third kappa shape index (κ3) is 4.14. The number of anilines is 1. The van der Waals surface area contributed by atoms with E-state index < -0.39 is 16.1 Å². The summed E-state index contributed by atoms with van der Waals surface area (Å²) in [6.07, 6.45) is 1.21. The zero-order chi connectivity index (χ0) is 12.0. The number of amides is 2. The van der Waals surface area contributed by atoms with Crippen molar-refractivity contribution < 1.29 is 13.2 Å². The maximum atomic E-state index is 11.3. The topological polar surface area (TPSA) is 75.3 Å². The monoisotopic (exact) mass is 240 g/mol. The maximum Gasteiger partial charge on any atom is 0.332 e. The number of sulfonamides is 1. The van der Waals surface area contributed by atoms with Gasteiger partial charge in [0, 0.05) is 5.69 Å². The van der Waals surface area contributed by atoms with Crippen LogP contribution in [0.4, 0.5) is 10.5 Å². The van der Waals surface area contributed by atoms with Crippen molar-refractivity contribution >= 4 is 21.7 Å². The number of hydrogen-bond acceptors (Lipinski definition) is 3. The Hall–Kier alpha value is -1.82. The minimum Gasteiger partial charge on any atom is -0.307 e. The molecule has 0 saturated heterocycles. The van der Waals surface area contributed by atoms with E-state index in [0.29, 0.717) is 5.69 Å². The molecule has 6 heteroatoms. The molecule has 0 spiro atoms.